The second-order valence-corrected chi connectivity index (χ2v) is 4.81. The van der Waals surface area contributed by atoms with Crippen molar-refractivity contribution in [2.24, 2.45) is 5.92 Å². The van der Waals surface area contributed by atoms with Gasteiger partial charge in [0.25, 0.3) is 5.91 Å². The minimum absolute atomic E-state index is 0.274. The number of Topliss-reactive ketones (excluding diaryl/α,β-unsaturated/α-hetero) is 1. The molecule has 18 heavy (non-hydrogen) atoms. The summed E-state index contributed by atoms with van der Waals surface area (Å²) in [5.41, 5.74) is 0. The molecule has 1 saturated heterocycles. The van der Waals surface area contributed by atoms with E-state index in [-0.39, 0.29) is 18.3 Å². The van der Waals surface area contributed by atoms with Gasteiger partial charge in [0.2, 0.25) is 5.78 Å². The number of esters is 1. The van der Waals surface area contributed by atoms with Gasteiger partial charge >= 0.3 is 5.97 Å². The Kier molecular flexibility index (Phi) is 5.31. The van der Waals surface area contributed by atoms with E-state index in [0.717, 1.165) is 12.8 Å². The van der Waals surface area contributed by atoms with E-state index < -0.39 is 17.9 Å². The van der Waals surface area contributed by atoms with Crippen LogP contribution < -0.4 is 0 Å². The SMILES string of the molecule is CCC(=O)OC1CCCCN1C(=O)C(=O)C(C)C. The second kappa shape index (κ2) is 6.52. The van der Waals surface area contributed by atoms with Crippen LogP contribution >= 0.6 is 0 Å². The maximum atomic E-state index is 12.0. The van der Waals surface area contributed by atoms with Crippen LogP contribution in [0.4, 0.5) is 0 Å². The summed E-state index contributed by atoms with van der Waals surface area (Å²) in [7, 11) is 0. The number of piperidine rings is 1. The fourth-order valence-corrected chi connectivity index (χ4v) is 1.88. The lowest BCUT2D eigenvalue weighted by molar-refractivity contribution is -0.171. The molecule has 102 valence electrons. The standard InChI is InChI=1S/C13H21NO4/c1-4-11(15)18-10-7-5-6-8-14(10)13(17)12(16)9(2)3/h9-10H,4-8H2,1-3H3. The Morgan fingerprint density at radius 1 is 1.28 bits per heavy atom. The molecule has 1 rings (SSSR count). The van der Waals surface area contributed by atoms with Crippen molar-refractivity contribution in [3.8, 4) is 0 Å². The summed E-state index contributed by atoms with van der Waals surface area (Å²) in [5.74, 6) is -1.62. The van der Waals surface area contributed by atoms with Crippen molar-refractivity contribution in [2.75, 3.05) is 6.54 Å². The van der Waals surface area contributed by atoms with Gasteiger partial charge in [-0.2, -0.15) is 0 Å². The average molecular weight is 255 g/mol. The lowest BCUT2D eigenvalue weighted by Gasteiger charge is -2.34. The van der Waals surface area contributed by atoms with Crippen LogP contribution in [-0.2, 0) is 19.1 Å². The van der Waals surface area contributed by atoms with E-state index in [9.17, 15) is 14.4 Å². The van der Waals surface area contributed by atoms with Gasteiger partial charge in [-0.05, 0) is 12.8 Å². The number of ketones is 1. The molecule has 1 unspecified atom stereocenters. The van der Waals surface area contributed by atoms with Gasteiger partial charge in [0, 0.05) is 25.3 Å². The van der Waals surface area contributed by atoms with Crippen molar-refractivity contribution in [1.29, 1.82) is 0 Å². The monoisotopic (exact) mass is 255 g/mol. The van der Waals surface area contributed by atoms with E-state index in [1.165, 1.54) is 4.90 Å². The zero-order chi connectivity index (χ0) is 13.7. The van der Waals surface area contributed by atoms with Crippen LogP contribution in [0.1, 0.15) is 46.5 Å². The third-order valence-corrected chi connectivity index (χ3v) is 3.00. The molecule has 0 spiro atoms. The molecule has 1 atom stereocenters. The zero-order valence-electron chi connectivity index (χ0n) is 11.3. The third-order valence-electron chi connectivity index (χ3n) is 3.00. The van der Waals surface area contributed by atoms with Gasteiger partial charge in [-0.1, -0.05) is 20.8 Å². The second-order valence-electron chi connectivity index (χ2n) is 4.81. The Balaban J connectivity index is 2.73. The van der Waals surface area contributed by atoms with Crippen LogP contribution in [0.2, 0.25) is 0 Å². The number of nitrogens with zero attached hydrogens (tertiary/aromatic N) is 1. The molecule has 1 amide bonds. The summed E-state index contributed by atoms with van der Waals surface area (Å²) in [4.78, 5) is 36.4. The molecule has 0 bridgehead atoms. The number of likely N-dealkylation sites (tertiary alicyclic amines) is 1. The molecule has 0 aromatic carbocycles. The zero-order valence-corrected chi connectivity index (χ0v) is 11.3. The number of rotatable bonds is 4. The molecule has 0 aliphatic carbocycles. The predicted molar refractivity (Wildman–Crippen MR) is 65.6 cm³/mol. The van der Waals surface area contributed by atoms with Gasteiger partial charge in [-0.3, -0.25) is 14.4 Å². The molecule has 5 heteroatoms. The summed E-state index contributed by atoms with van der Waals surface area (Å²) in [6.45, 7) is 5.57. The molecule has 1 aliphatic heterocycles. The number of carbonyl (C=O) groups excluding carboxylic acids is 3. The maximum Gasteiger partial charge on any atom is 0.307 e. The van der Waals surface area contributed by atoms with Crippen molar-refractivity contribution >= 4 is 17.7 Å². The Hall–Kier alpha value is -1.39. The van der Waals surface area contributed by atoms with Crippen LogP contribution in [-0.4, -0.2) is 35.3 Å². The fraction of sp³-hybridized carbons (Fsp3) is 0.769. The van der Waals surface area contributed by atoms with E-state index in [0.29, 0.717) is 13.0 Å². The van der Waals surface area contributed by atoms with Crippen LogP contribution in [0.15, 0.2) is 0 Å². The van der Waals surface area contributed by atoms with Crippen molar-refractivity contribution in [3.05, 3.63) is 0 Å². The van der Waals surface area contributed by atoms with Gasteiger partial charge in [-0.25, -0.2) is 0 Å². The smallest absolute Gasteiger partial charge is 0.307 e. The Bertz CT molecular complexity index is 338. The number of carbonyl (C=O) groups is 3. The highest BCUT2D eigenvalue weighted by molar-refractivity contribution is 6.36. The number of ether oxygens (including phenoxy) is 1. The molecular formula is C13H21NO4. The Labute approximate surface area is 107 Å². The van der Waals surface area contributed by atoms with E-state index in [4.69, 9.17) is 4.74 Å². The number of hydrogen-bond donors (Lipinski definition) is 0. The topological polar surface area (TPSA) is 63.7 Å². The first-order valence-electron chi connectivity index (χ1n) is 6.51. The van der Waals surface area contributed by atoms with E-state index in [1.54, 1.807) is 20.8 Å². The summed E-state index contributed by atoms with van der Waals surface area (Å²) >= 11 is 0. The van der Waals surface area contributed by atoms with Gasteiger partial charge in [0.1, 0.15) is 0 Å². The van der Waals surface area contributed by atoms with Crippen LogP contribution in [0.25, 0.3) is 0 Å². The van der Waals surface area contributed by atoms with Gasteiger partial charge < -0.3 is 9.64 Å². The predicted octanol–water partition coefficient (Wildman–Crippen LogP) is 1.50. The molecule has 0 aromatic rings. The van der Waals surface area contributed by atoms with Crippen molar-refractivity contribution < 1.29 is 19.1 Å². The number of amides is 1. The van der Waals surface area contributed by atoms with Gasteiger partial charge in [-0.15, -0.1) is 0 Å². The van der Waals surface area contributed by atoms with Crippen molar-refractivity contribution in [3.63, 3.8) is 0 Å². The summed E-state index contributed by atoms with van der Waals surface area (Å²) in [6, 6.07) is 0. The largest absolute Gasteiger partial charge is 0.441 e. The molecule has 0 radical (unpaired) electrons. The Morgan fingerprint density at radius 3 is 2.50 bits per heavy atom. The molecule has 1 aliphatic rings. The normalized spacial score (nSPS) is 19.8. The van der Waals surface area contributed by atoms with Gasteiger partial charge in [0.15, 0.2) is 6.23 Å². The lowest BCUT2D eigenvalue weighted by Crippen LogP contribution is -2.49. The Morgan fingerprint density at radius 2 is 1.94 bits per heavy atom. The van der Waals surface area contributed by atoms with Gasteiger partial charge in [0.05, 0.1) is 0 Å². The maximum absolute atomic E-state index is 12.0. The van der Waals surface area contributed by atoms with E-state index in [2.05, 4.69) is 0 Å². The quantitative estimate of drug-likeness (QED) is 0.564. The van der Waals surface area contributed by atoms with E-state index in [1.807, 2.05) is 0 Å². The first kappa shape index (κ1) is 14.7. The fourth-order valence-electron chi connectivity index (χ4n) is 1.88. The summed E-state index contributed by atoms with van der Waals surface area (Å²) < 4.78 is 5.22. The van der Waals surface area contributed by atoms with Crippen LogP contribution in [0.5, 0.6) is 0 Å². The van der Waals surface area contributed by atoms with Crippen LogP contribution in [0, 0.1) is 5.92 Å². The minimum Gasteiger partial charge on any atom is -0.441 e. The average Bonchev–Trinajstić information content (AvgIpc) is 2.37. The summed E-state index contributed by atoms with van der Waals surface area (Å²) in [6.07, 6.45) is 2.07. The molecule has 1 heterocycles. The van der Waals surface area contributed by atoms with Crippen molar-refractivity contribution in [1.82, 2.24) is 4.90 Å². The summed E-state index contributed by atoms with van der Waals surface area (Å²) in [5, 5.41) is 0. The highest BCUT2D eigenvalue weighted by atomic mass is 16.6. The lowest BCUT2D eigenvalue weighted by atomic mass is 10.0. The molecule has 0 saturated carbocycles. The molecule has 1 fully saturated rings. The minimum atomic E-state index is -0.568. The first-order valence-corrected chi connectivity index (χ1v) is 6.51. The van der Waals surface area contributed by atoms with E-state index >= 15 is 0 Å². The highest BCUT2D eigenvalue weighted by Gasteiger charge is 2.33. The molecule has 0 aromatic heterocycles. The van der Waals surface area contributed by atoms with Crippen molar-refractivity contribution in [2.45, 2.75) is 52.7 Å². The third kappa shape index (κ3) is 3.55. The molecule has 5 nitrogen and oxygen atoms in total. The molecule has 0 N–H and O–H groups in total. The van der Waals surface area contributed by atoms with Crippen LogP contribution in [0.3, 0.4) is 0 Å². The first-order chi connectivity index (χ1) is 8.47. The highest BCUT2D eigenvalue weighted by Crippen LogP contribution is 2.19. The number of hydrogen-bond acceptors (Lipinski definition) is 4. The molecular weight excluding hydrogens is 234 g/mol.